The van der Waals surface area contributed by atoms with Gasteiger partial charge in [-0.2, -0.15) is 0 Å². The van der Waals surface area contributed by atoms with Gasteiger partial charge in [0.05, 0.1) is 5.52 Å². The van der Waals surface area contributed by atoms with E-state index in [1.807, 2.05) is 13.0 Å². The predicted molar refractivity (Wildman–Crippen MR) is 75.4 cm³/mol. The third-order valence-corrected chi connectivity index (χ3v) is 3.01. The summed E-state index contributed by atoms with van der Waals surface area (Å²) in [7, 11) is 0. The number of carbonyl (C=O) groups excluding carboxylic acids is 1. The highest BCUT2D eigenvalue weighted by atomic mass is 16.1. The zero-order chi connectivity index (χ0) is 13.9. The van der Waals surface area contributed by atoms with Crippen LogP contribution in [0.3, 0.4) is 0 Å². The fraction of sp³-hybridized carbons (Fsp3) is 0.143. The Labute approximate surface area is 115 Å². The van der Waals surface area contributed by atoms with Gasteiger partial charge < -0.3 is 5.32 Å². The Morgan fingerprint density at radius 3 is 2.80 bits per heavy atom. The van der Waals surface area contributed by atoms with Crippen LogP contribution in [0.25, 0.3) is 11.0 Å². The summed E-state index contributed by atoms with van der Waals surface area (Å²) in [6, 6.07) is 8.85. The van der Waals surface area contributed by atoms with Crippen LogP contribution in [0.2, 0.25) is 0 Å². The Morgan fingerprint density at radius 1 is 1.25 bits per heavy atom. The zero-order valence-corrected chi connectivity index (χ0v) is 10.9. The molecule has 1 amide bonds. The van der Waals surface area contributed by atoms with Gasteiger partial charge >= 0.3 is 0 Å². The highest BCUT2D eigenvalue weighted by molar-refractivity contribution is 6.05. The third kappa shape index (κ3) is 2.23. The summed E-state index contributed by atoms with van der Waals surface area (Å²) in [5.41, 5.74) is 2.90. The van der Waals surface area contributed by atoms with Gasteiger partial charge in [-0.05, 0) is 37.3 Å². The molecule has 0 spiro atoms. The molecule has 3 aromatic rings. The molecule has 0 saturated carbocycles. The molecule has 1 N–H and O–H groups in total. The molecule has 0 unspecified atom stereocenters. The number of pyridine rings is 1. The van der Waals surface area contributed by atoms with E-state index in [2.05, 4.69) is 20.6 Å². The van der Waals surface area contributed by atoms with Crippen molar-refractivity contribution in [3.63, 3.8) is 0 Å². The second kappa shape index (κ2) is 5.08. The van der Waals surface area contributed by atoms with Crippen LogP contribution in [0.1, 0.15) is 17.3 Å². The maximum absolute atomic E-state index is 12.1. The highest BCUT2D eigenvalue weighted by Crippen LogP contribution is 2.15. The molecule has 6 heteroatoms. The molecule has 2 aromatic heterocycles. The standard InChI is InChI=1S/C14H13N5O/c1-2-19-13-4-3-10(9-12(13)17-18-19)14(20)16-11-5-7-15-8-6-11/h3-9H,2H2,1H3,(H,15,16,20). The predicted octanol–water partition coefficient (Wildman–Crippen LogP) is 2.10. The third-order valence-electron chi connectivity index (χ3n) is 3.01. The summed E-state index contributed by atoms with van der Waals surface area (Å²) in [4.78, 5) is 16.1. The van der Waals surface area contributed by atoms with Gasteiger partial charge in [0, 0.05) is 30.2 Å². The van der Waals surface area contributed by atoms with Crippen LogP contribution in [0.15, 0.2) is 42.7 Å². The van der Waals surface area contributed by atoms with E-state index < -0.39 is 0 Å². The lowest BCUT2D eigenvalue weighted by atomic mass is 10.2. The normalized spacial score (nSPS) is 10.7. The molecule has 0 atom stereocenters. The molecular weight excluding hydrogens is 254 g/mol. The molecule has 1 aromatic carbocycles. The smallest absolute Gasteiger partial charge is 0.255 e. The molecular formula is C14H13N5O. The Morgan fingerprint density at radius 2 is 2.05 bits per heavy atom. The second-order valence-corrected chi connectivity index (χ2v) is 4.30. The number of benzene rings is 1. The quantitative estimate of drug-likeness (QED) is 0.788. The second-order valence-electron chi connectivity index (χ2n) is 4.30. The number of aromatic nitrogens is 4. The first-order valence-corrected chi connectivity index (χ1v) is 6.32. The number of hydrogen-bond acceptors (Lipinski definition) is 4. The van der Waals surface area contributed by atoms with Gasteiger partial charge in [0.15, 0.2) is 0 Å². The maximum Gasteiger partial charge on any atom is 0.255 e. The molecule has 6 nitrogen and oxygen atoms in total. The van der Waals surface area contributed by atoms with Crippen molar-refractivity contribution in [1.82, 2.24) is 20.0 Å². The summed E-state index contributed by atoms with van der Waals surface area (Å²) in [5.74, 6) is -0.177. The van der Waals surface area contributed by atoms with Crippen molar-refractivity contribution < 1.29 is 4.79 Å². The van der Waals surface area contributed by atoms with Gasteiger partial charge in [0.2, 0.25) is 0 Å². The lowest BCUT2D eigenvalue weighted by Crippen LogP contribution is -2.11. The molecule has 20 heavy (non-hydrogen) atoms. The fourth-order valence-electron chi connectivity index (χ4n) is 1.99. The number of fused-ring (bicyclic) bond motifs is 1. The minimum Gasteiger partial charge on any atom is -0.322 e. The van der Waals surface area contributed by atoms with Crippen LogP contribution in [-0.2, 0) is 6.54 Å². The lowest BCUT2D eigenvalue weighted by Gasteiger charge is -2.04. The van der Waals surface area contributed by atoms with Crippen LogP contribution in [0.5, 0.6) is 0 Å². The van der Waals surface area contributed by atoms with Crippen molar-refractivity contribution in [1.29, 1.82) is 0 Å². The fourth-order valence-corrected chi connectivity index (χ4v) is 1.99. The van der Waals surface area contributed by atoms with Gasteiger partial charge in [-0.3, -0.25) is 9.78 Å². The van der Waals surface area contributed by atoms with Gasteiger partial charge in [-0.1, -0.05) is 5.21 Å². The Kier molecular flexibility index (Phi) is 3.12. The van der Waals surface area contributed by atoms with Crippen molar-refractivity contribution in [2.75, 3.05) is 5.32 Å². The van der Waals surface area contributed by atoms with Crippen molar-refractivity contribution in [3.8, 4) is 0 Å². The first kappa shape index (κ1) is 12.3. The number of amides is 1. The summed E-state index contributed by atoms with van der Waals surface area (Å²) in [6.07, 6.45) is 3.26. The molecule has 2 heterocycles. The summed E-state index contributed by atoms with van der Waals surface area (Å²) in [5, 5.41) is 10.9. The monoisotopic (exact) mass is 267 g/mol. The summed E-state index contributed by atoms with van der Waals surface area (Å²) in [6.45, 7) is 2.75. The van der Waals surface area contributed by atoms with Crippen molar-refractivity contribution in [3.05, 3.63) is 48.3 Å². The van der Waals surface area contributed by atoms with Crippen LogP contribution >= 0.6 is 0 Å². The topological polar surface area (TPSA) is 72.7 Å². The zero-order valence-electron chi connectivity index (χ0n) is 10.9. The average Bonchev–Trinajstić information content (AvgIpc) is 2.90. The average molecular weight is 267 g/mol. The Balaban J connectivity index is 1.88. The van der Waals surface area contributed by atoms with Crippen molar-refractivity contribution in [2.24, 2.45) is 0 Å². The molecule has 0 aliphatic carbocycles. The number of nitrogens with one attached hydrogen (secondary N) is 1. The molecule has 0 aliphatic rings. The number of nitrogens with zero attached hydrogens (tertiary/aromatic N) is 4. The van der Waals surface area contributed by atoms with Gasteiger partial charge in [-0.15, -0.1) is 5.10 Å². The van der Waals surface area contributed by atoms with E-state index in [0.717, 1.165) is 12.1 Å². The van der Waals surface area contributed by atoms with E-state index in [9.17, 15) is 4.79 Å². The maximum atomic E-state index is 12.1. The van der Waals surface area contributed by atoms with Gasteiger partial charge in [-0.25, -0.2) is 4.68 Å². The molecule has 0 radical (unpaired) electrons. The van der Waals surface area contributed by atoms with E-state index in [1.165, 1.54) is 0 Å². The molecule has 100 valence electrons. The Bertz CT molecular complexity index is 751. The number of anilines is 1. The molecule has 0 fully saturated rings. The molecule has 3 rings (SSSR count). The van der Waals surface area contributed by atoms with Crippen LogP contribution in [-0.4, -0.2) is 25.9 Å². The van der Waals surface area contributed by atoms with Gasteiger partial charge in [0.1, 0.15) is 5.52 Å². The minimum atomic E-state index is -0.177. The highest BCUT2D eigenvalue weighted by Gasteiger charge is 2.09. The van der Waals surface area contributed by atoms with Crippen LogP contribution in [0, 0.1) is 0 Å². The minimum absolute atomic E-state index is 0.177. The van der Waals surface area contributed by atoms with Crippen LogP contribution < -0.4 is 5.32 Å². The van der Waals surface area contributed by atoms with E-state index >= 15 is 0 Å². The SMILES string of the molecule is CCn1nnc2cc(C(=O)Nc3ccncc3)ccc21. The number of carbonyl (C=O) groups is 1. The summed E-state index contributed by atoms with van der Waals surface area (Å²) < 4.78 is 1.79. The molecule has 0 bridgehead atoms. The first-order valence-electron chi connectivity index (χ1n) is 6.32. The van der Waals surface area contributed by atoms with Crippen LogP contribution in [0.4, 0.5) is 5.69 Å². The Hall–Kier alpha value is -2.76. The van der Waals surface area contributed by atoms with E-state index in [0.29, 0.717) is 16.8 Å². The van der Waals surface area contributed by atoms with E-state index in [1.54, 1.807) is 41.3 Å². The number of aryl methyl sites for hydroxylation is 1. The van der Waals surface area contributed by atoms with Crippen molar-refractivity contribution in [2.45, 2.75) is 13.5 Å². The molecule has 0 aliphatic heterocycles. The largest absolute Gasteiger partial charge is 0.322 e. The molecule has 0 saturated heterocycles. The van der Waals surface area contributed by atoms with Crippen molar-refractivity contribution >= 4 is 22.6 Å². The summed E-state index contributed by atoms with van der Waals surface area (Å²) >= 11 is 0. The first-order chi connectivity index (χ1) is 9.78. The van der Waals surface area contributed by atoms with E-state index in [4.69, 9.17) is 0 Å². The number of hydrogen-bond donors (Lipinski definition) is 1. The van der Waals surface area contributed by atoms with E-state index in [-0.39, 0.29) is 5.91 Å². The lowest BCUT2D eigenvalue weighted by molar-refractivity contribution is 0.102. The van der Waals surface area contributed by atoms with Gasteiger partial charge in [0.25, 0.3) is 5.91 Å². The number of rotatable bonds is 3.